The molecular weight excluding hydrogens is 190 g/mol. The molecule has 0 saturated carbocycles. The van der Waals surface area contributed by atoms with Crippen molar-refractivity contribution in [2.45, 2.75) is 13.3 Å². The van der Waals surface area contributed by atoms with Crippen molar-refractivity contribution in [3.63, 3.8) is 0 Å². The van der Waals surface area contributed by atoms with Gasteiger partial charge in [0.25, 0.3) is 0 Å². The highest BCUT2D eigenvalue weighted by atomic mass is 16.5. The first kappa shape index (κ1) is 9.53. The molecule has 4 heteroatoms. The van der Waals surface area contributed by atoms with Crippen LogP contribution in [0.15, 0.2) is 24.5 Å². The number of rotatable bonds is 3. The van der Waals surface area contributed by atoms with Gasteiger partial charge < -0.3 is 9.14 Å². The Morgan fingerprint density at radius 1 is 1.60 bits per heavy atom. The molecule has 0 spiro atoms. The molecular formula is C11H11N3O. The molecule has 0 fully saturated rings. The minimum absolute atomic E-state index is 0.390. The molecule has 0 atom stereocenters. The van der Waals surface area contributed by atoms with Crippen LogP contribution in [0.1, 0.15) is 12.1 Å². The van der Waals surface area contributed by atoms with Gasteiger partial charge >= 0.3 is 0 Å². The average Bonchev–Trinajstić information content (AvgIpc) is 2.59. The van der Waals surface area contributed by atoms with Crippen molar-refractivity contribution in [3.05, 3.63) is 30.2 Å². The summed E-state index contributed by atoms with van der Waals surface area (Å²) in [5, 5.41) is 8.41. The lowest BCUT2D eigenvalue weighted by molar-refractivity contribution is 0.328. The second kappa shape index (κ2) is 4.01. The quantitative estimate of drug-likeness (QED) is 0.713. The Morgan fingerprint density at radius 3 is 3.27 bits per heavy atom. The van der Waals surface area contributed by atoms with Gasteiger partial charge in [-0.3, -0.25) is 0 Å². The highest BCUT2D eigenvalue weighted by Crippen LogP contribution is 2.18. The standard InChI is InChI=1S/C11H11N3O/c1-9-8-14-6-2-4-10(11(14)13-9)15-7-3-5-12/h2,4,6,8H,3,7H2,1H3. The zero-order valence-corrected chi connectivity index (χ0v) is 8.47. The van der Waals surface area contributed by atoms with Crippen LogP contribution in [0.5, 0.6) is 5.75 Å². The van der Waals surface area contributed by atoms with E-state index in [0.29, 0.717) is 13.0 Å². The highest BCUT2D eigenvalue weighted by molar-refractivity contribution is 5.54. The molecule has 4 nitrogen and oxygen atoms in total. The number of aryl methyl sites for hydroxylation is 1. The number of fused-ring (bicyclic) bond motifs is 1. The molecule has 0 aliphatic heterocycles. The van der Waals surface area contributed by atoms with Gasteiger partial charge in [0.2, 0.25) is 0 Å². The molecule has 76 valence electrons. The zero-order valence-electron chi connectivity index (χ0n) is 8.47. The van der Waals surface area contributed by atoms with Crippen LogP contribution < -0.4 is 4.74 Å². The number of aromatic nitrogens is 2. The van der Waals surface area contributed by atoms with Crippen LogP contribution >= 0.6 is 0 Å². The van der Waals surface area contributed by atoms with E-state index in [1.165, 1.54) is 0 Å². The third-order valence-electron chi connectivity index (χ3n) is 2.04. The van der Waals surface area contributed by atoms with E-state index in [0.717, 1.165) is 17.1 Å². The van der Waals surface area contributed by atoms with E-state index >= 15 is 0 Å². The monoisotopic (exact) mass is 201 g/mol. The van der Waals surface area contributed by atoms with Crippen molar-refractivity contribution in [1.82, 2.24) is 9.38 Å². The zero-order chi connectivity index (χ0) is 10.7. The molecule has 0 amide bonds. The maximum absolute atomic E-state index is 8.41. The Kier molecular flexibility index (Phi) is 2.55. The van der Waals surface area contributed by atoms with E-state index in [1.54, 1.807) is 0 Å². The van der Waals surface area contributed by atoms with Gasteiger partial charge in [0.15, 0.2) is 11.4 Å². The highest BCUT2D eigenvalue weighted by Gasteiger charge is 2.04. The van der Waals surface area contributed by atoms with E-state index in [1.807, 2.05) is 41.9 Å². The van der Waals surface area contributed by atoms with Gasteiger partial charge in [0, 0.05) is 12.4 Å². The fourth-order valence-corrected chi connectivity index (χ4v) is 1.43. The number of pyridine rings is 1. The summed E-state index contributed by atoms with van der Waals surface area (Å²) >= 11 is 0. The molecule has 2 aromatic rings. The van der Waals surface area contributed by atoms with Crippen LogP contribution in [0.4, 0.5) is 0 Å². The third kappa shape index (κ3) is 1.91. The molecule has 0 N–H and O–H groups in total. The van der Waals surface area contributed by atoms with Gasteiger partial charge in [-0.15, -0.1) is 0 Å². The lowest BCUT2D eigenvalue weighted by Crippen LogP contribution is -1.97. The van der Waals surface area contributed by atoms with Crippen molar-refractivity contribution in [2.24, 2.45) is 0 Å². The number of nitriles is 1. The number of hydrogen-bond donors (Lipinski definition) is 0. The van der Waals surface area contributed by atoms with Gasteiger partial charge in [0.1, 0.15) is 6.61 Å². The summed E-state index contributed by atoms with van der Waals surface area (Å²) in [6, 6.07) is 5.80. The Morgan fingerprint density at radius 2 is 2.47 bits per heavy atom. The van der Waals surface area contributed by atoms with E-state index in [-0.39, 0.29) is 0 Å². The predicted octanol–water partition coefficient (Wildman–Crippen LogP) is 1.94. The van der Waals surface area contributed by atoms with E-state index < -0.39 is 0 Å². The maximum atomic E-state index is 8.41. The minimum atomic E-state index is 0.390. The van der Waals surface area contributed by atoms with Crippen molar-refractivity contribution in [3.8, 4) is 11.8 Å². The minimum Gasteiger partial charge on any atom is -0.489 e. The predicted molar refractivity (Wildman–Crippen MR) is 55.7 cm³/mol. The first-order valence-electron chi connectivity index (χ1n) is 4.75. The fourth-order valence-electron chi connectivity index (χ4n) is 1.43. The van der Waals surface area contributed by atoms with Crippen LogP contribution in [0.25, 0.3) is 5.65 Å². The molecule has 2 heterocycles. The maximum Gasteiger partial charge on any atom is 0.179 e. The lowest BCUT2D eigenvalue weighted by Gasteiger charge is -2.04. The van der Waals surface area contributed by atoms with Gasteiger partial charge in [-0.2, -0.15) is 5.26 Å². The normalized spacial score (nSPS) is 10.1. The van der Waals surface area contributed by atoms with Crippen molar-refractivity contribution in [2.75, 3.05) is 6.61 Å². The fraction of sp³-hybridized carbons (Fsp3) is 0.273. The summed E-state index contributed by atoms with van der Waals surface area (Å²) in [7, 11) is 0. The molecule has 0 radical (unpaired) electrons. The Balaban J connectivity index is 2.30. The second-order valence-electron chi connectivity index (χ2n) is 3.24. The second-order valence-corrected chi connectivity index (χ2v) is 3.24. The molecule has 0 saturated heterocycles. The Hall–Kier alpha value is -2.02. The molecule has 0 aliphatic rings. The molecule has 0 unspecified atom stereocenters. The average molecular weight is 201 g/mol. The van der Waals surface area contributed by atoms with Gasteiger partial charge in [-0.1, -0.05) is 0 Å². The molecule has 15 heavy (non-hydrogen) atoms. The number of ether oxygens (including phenoxy) is 1. The summed E-state index contributed by atoms with van der Waals surface area (Å²) in [6.07, 6.45) is 4.25. The van der Waals surface area contributed by atoms with Crippen LogP contribution in [-0.2, 0) is 0 Å². The van der Waals surface area contributed by atoms with Crippen LogP contribution in [0.3, 0.4) is 0 Å². The molecule has 0 aromatic carbocycles. The number of nitrogens with zero attached hydrogens (tertiary/aromatic N) is 3. The van der Waals surface area contributed by atoms with Crippen molar-refractivity contribution >= 4 is 5.65 Å². The Labute approximate surface area is 87.7 Å². The van der Waals surface area contributed by atoms with Crippen molar-refractivity contribution < 1.29 is 4.74 Å². The lowest BCUT2D eigenvalue weighted by atomic mass is 10.4. The van der Waals surface area contributed by atoms with Crippen LogP contribution in [0, 0.1) is 18.3 Å². The summed E-state index contributed by atoms with van der Waals surface area (Å²) < 4.78 is 7.38. The summed E-state index contributed by atoms with van der Waals surface area (Å²) in [5.74, 6) is 0.723. The first-order valence-corrected chi connectivity index (χ1v) is 4.75. The Bertz CT molecular complexity index is 510. The molecule has 0 aliphatic carbocycles. The topological polar surface area (TPSA) is 50.3 Å². The molecule has 2 rings (SSSR count). The first-order chi connectivity index (χ1) is 7.31. The van der Waals surface area contributed by atoms with Gasteiger partial charge in [-0.25, -0.2) is 4.98 Å². The smallest absolute Gasteiger partial charge is 0.179 e. The summed E-state index contributed by atoms with van der Waals surface area (Å²) in [6.45, 7) is 2.34. The van der Waals surface area contributed by atoms with Crippen molar-refractivity contribution in [1.29, 1.82) is 5.26 Å². The van der Waals surface area contributed by atoms with E-state index in [9.17, 15) is 0 Å². The third-order valence-corrected chi connectivity index (χ3v) is 2.04. The van der Waals surface area contributed by atoms with Crippen LogP contribution in [0.2, 0.25) is 0 Å². The molecule has 2 aromatic heterocycles. The van der Waals surface area contributed by atoms with Crippen LogP contribution in [-0.4, -0.2) is 16.0 Å². The summed E-state index contributed by atoms with van der Waals surface area (Å²) in [5.41, 5.74) is 1.75. The van der Waals surface area contributed by atoms with E-state index in [4.69, 9.17) is 10.00 Å². The van der Waals surface area contributed by atoms with E-state index in [2.05, 4.69) is 4.98 Å². The van der Waals surface area contributed by atoms with Gasteiger partial charge in [-0.05, 0) is 19.1 Å². The number of imidazole rings is 1. The SMILES string of the molecule is Cc1cn2cccc(OCCC#N)c2n1. The number of hydrogen-bond acceptors (Lipinski definition) is 3. The van der Waals surface area contributed by atoms with Gasteiger partial charge in [0.05, 0.1) is 18.2 Å². The largest absolute Gasteiger partial charge is 0.489 e. The molecule has 0 bridgehead atoms. The summed E-state index contributed by atoms with van der Waals surface area (Å²) in [4.78, 5) is 4.35.